The number of sulfone groups is 1. The number of hydrogen-bond acceptors (Lipinski definition) is 6. The number of nitrogens with one attached hydrogen (secondary N) is 1. The molecule has 4 rings (SSSR count). The molecule has 2 aliphatic rings. The Bertz CT molecular complexity index is 1160. The Morgan fingerprint density at radius 1 is 1.05 bits per heavy atom. The van der Waals surface area contributed by atoms with Crippen molar-refractivity contribution >= 4 is 18.2 Å². The van der Waals surface area contributed by atoms with Crippen molar-refractivity contribution in [3.05, 3.63) is 66.2 Å². The lowest BCUT2D eigenvalue weighted by Gasteiger charge is -2.36. The zero-order valence-electron chi connectivity index (χ0n) is 23.9. The maximum Gasteiger partial charge on any atom is 0.192 e. The van der Waals surface area contributed by atoms with Crippen LogP contribution in [0.25, 0.3) is 0 Å². The van der Waals surface area contributed by atoms with E-state index in [-0.39, 0.29) is 17.1 Å². The minimum absolute atomic E-state index is 0.107. The van der Waals surface area contributed by atoms with Crippen LogP contribution in [-0.4, -0.2) is 52.6 Å². The molecule has 0 amide bonds. The average molecular weight is 560 g/mol. The van der Waals surface area contributed by atoms with E-state index in [1.54, 1.807) is 24.3 Å². The Labute approximate surface area is 230 Å². The molecule has 6 nitrogen and oxygen atoms in total. The van der Waals surface area contributed by atoms with E-state index in [2.05, 4.69) is 39.2 Å². The van der Waals surface area contributed by atoms with E-state index >= 15 is 0 Å². The van der Waals surface area contributed by atoms with Crippen LogP contribution in [0.3, 0.4) is 0 Å². The lowest BCUT2D eigenvalue weighted by atomic mass is 10.0. The van der Waals surface area contributed by atoms with Gasteiger partial charge in [-0.1, -0.05) is 69.3 Å². The number of hydrogen-bond donors (Lipinski definition) is 1. The molecule has 0 unspecified atom stereocenters. The summed E-state index contributed by atoms with van der Waals surface area (Å²) in [5, 5.41) is 3.02. The van der Waals surface area contributed by atoms with Gasteiger partial charge in [-0.05, 0) is 68.4 Å². The van der Waals surface area contributed by atoms with E-state index in [4.69, 9.17) is 13.9 Å². The highest BCUT2D eigenvalue weighted by atomic mass is 32.2. The summed E-state index contributed by atoms with van der Waals surface area (Å²) >= 11 is 0. The van der Waals surface area contributed by atoms with Gasteiger partial charge in [0.15, 0.2) is 23.9 Å². The minimum atomic E-state index is -3.67. The molecule has 8 heteroatoms. The largest absolute Gasteiger partial charge is 0.414 e. The first-order valence-electron chi connectivity index (χ1n) is 13.8. The SMILES string of the molecule is CC1(C)OC[C@H]([C@H](NCc2ccccc2)[C@@H](C[C@H]2C[C@H]2O[Si](C)(C)C(C)(C)C)S(=O)(=O)c2ccccc2)O1. The van der Waals surface area contributed by atoms with Crippen LogP contribution < -0.4 is 5.32 Å². The summed E-state index contributed by atoms with van der Waals surface area (Å²) in [5.41, 5.74) is 1.09. The molecule has 0 spiro atoms. The van der Waals surface area contributed by atoms with Crippen molar-refractivity contribution in [2.24, 2.45) is 5.92 Å². The van der Waals surface area contributed by atoms with Crippen LogP contribution in [0, 0.1) is 5.92 Å². The van der Waals surface area contributed by atoms with Crippen LogP contribution in [0.4, 0.5) is 0 Å². The van der Waals surface area contributed by atoms with Gasteiger partial charge in [0.2, 0.25) is 0 Å². The first kappa shape index (κ1) is 29.4. The van der Waals surface area contributed by atoms with Gasteiger partial charge in [0, 0.05) is 12.6 Å². The molecule has 1 aliphatic heterocycles. The summed E-state index contributed by atoms with van der Waals surface area (Å²) < 4.78 is 47.4. The minimum Gasteiger partial charge on any atom is -0.414 e. The van der Waals surface area contributed by atoms with Crippen LogP contribution in [0.2, 0.25) is 18.1 Å². The smallest absolute Gasteiger partial charge is 0.192 e. The molecule has 2 aromatic carbocycles. The fourth-order valence-corrected chi connectivity index (χ4v) is 8.39. The van der Waals surface area contributed by atoms with Gasteiger partial charge in [-0.2, -0.15) is 0 Å². The molecular formula is C30H45NO5SSi. The van der Waals surface area contributed by atoms with Crippen molar-refractivity contribution in [2.75, 3.05) is 6.61 Å². The molecule has 210 valence electrons. The average Bonchev–Trinajstić information content (AvgIpc) is 3.47. The number of rotatable bonds is 11. The molecule has 1 aliphatic carbocycles. The van der Waals surface area contributed by atoms with E-state index in [9.17, 15) is 8.42 Å². The third kappa shape index (κ3) is 6.95. The maximum absolute atomic E-state index is 14.2. The van der Waals surface area contributed by atoms with Crippen LogP contribution in [0.5, 0.6) is 0 Å². The zero-order chi connectivity index (χ0) is 27.8. The lowest BCUT2D eigenvalue weighted by molar-refractivity contribution is -0.141. The second-order valence-electron chi connectivity index (χ2n) is 12.8. The Hall–Kier alpha value is -1.55. The zero-order valence-corrected chi connectivity index (χ0v) is 25.8. The summed E-state index contributed by atoms with van der Waals surface area (Å²) in [4.78, 5) is 0.345. The second-order valence-corrected chi connectivity index (χ2v) is 19.7. The van der Waals surface area contributed by atoms with Crippen molar-refractivity contribution in [3.63, 3.8) is 0 Å². The second kappa shape index (κ2) is 11.1. The fourth-order valence-electron chi connectivity index (χ4n) is 4.94. The van der Waals surface area contributed by atoms with Crippen LogP contribution in [0.1, 0.15) is 53.0 Å². The molecule has 2 fully saturated rings. The Kier molecular flexibility index (Phi) is 8.63. The number of benzene rings is 2. The van der Waals surface area contributed by atoms with Crippen LogP contribution in [0.15, 0.2) is 65.6 Å². The first-order valence-corrected chi connectivity index (χ1v) is 18.2. The number of ether oxygens (including phenoxy) is 2. The topological polar surface area (TPSA) is 73.9 Å². The summed E-state index contributed by atoms with van der Waals surface area (Å²) in [7, 11) is -5.62. The molecule has 0 aromatic heterocycles. The van der Waals surface area contributed by atoms with Gasteiger partial charge in [0.25, 0.3) is 0 Å². The maximum atomic E-state index is 14.2. The van der Waals surface area contributed by atoms with Crippen molar-refractivity contribution in [1.29, 1.82) is 0 Å². The van der Waals surface area contributed by atoms with Gasteiger partial charge in [-0.3, -0.25) is 0 Å². The molecule has 0 radical (unpaired) electrons. The van der Waals surface area contributed by atoms with E-state index < -0.39 is 41.3 Å². The molecule has 1 saturated carbocycles. The normalized spacial score (nSPS) is 25.2. The molecule has 5 atom stereocenters. The molecule has 1 heterocycles. The van der Waals surface area contributed by atoms with Gasteiger partial charge < -0.3 is 19.2 Å². The van der Waals surface area contributed by atoms with E-state index in [1.165, 1.54) is 0 Å². The first-order chi connectivity index (χ1) is 17.7. The summed E-state index contributed by atoms with van der Waals surface area (Å²) in [6.45, 7) is 15.9. The van der Waals surface area contributed by atoms with E-state index in [0.29, 0.717) is 24.5 Å². The highest BCUT2D eigenvalue weighted by Gasteiger charge is 2.51. The van der Waals surface area contributed by atoms with Gasteiger partial charge >= 0.3 is 0 Å². The van der Waals surface area contributed by atoms with Gasteiger partial charge in [-0.25, -0.2) is 8.42 Å². The van der Waals surface area contributed by atoms with Gasteiger partial charge in [0.05, 0.1) is 22.8 Å². The monoisotopic (exact) mass is 559 g/mol. The molecule has 1 saturated heterocycles. The van der Waals surface area contributed by atoms with Crippen LogP contribution >= 0.6 is 0 Å². The predicted octanol–water partition coefficient (Wildman–Crippen LogP) is 5.94. The van der Waals surface area contributed by atoms with Crippen LogP contribution in [-0.2, 0) is 30.3 Å². The predicted molar refractivity (Wildman–Crippen MR) is 154 cm³/mol. The summed E-state index contributed by atoms with van der Waals surface area (Å²) in [6.07, 6.45) is 1.13. The van der Waals surface area contributed by atoms with Crippen molar-refractivity contribution < 1.29 is 22.3 Å². The summed E-state index contributed by atoms with van der Waals surface area (Å²) in [5.74, 6) is -0.560. The van der Waals surface area contributed by atoms with Gasteiger partial charge in [-0.15, -0.1) is 0 Å². The van der Waals surface area contributed by atoms with Crippen molar-refractivity contribution in [3.8, 4) is 0 Å². The molecule has 38 heavy (non-hydrogen) atoms. The third-order valence-corrected chi connectivity index (χ3v) is 15.0. The Morgan fingerprint density at radius 2 is 1.66 bits per heavy atom. The van der Waals surface area contributed by atoms with Crippen molar-refractivity contribution in [2.45, 2.75) is 106 Å². The summed E-state index contributed by atoms with van der Waals surface area (Å²) in [6, 6.07) is 18.4. The highest BCUT2D eigenvalue weighted by Crippen LogP contribution is 2.47. The molecule has 2 aromatic rings. The Morgan fingerprint density at radius 3 is 2.21 bits per heavy atom. The third-order valence-electron chi connectivity index (χ3n) is 8.33. The van der Waals surface area contributed by atoms with Crippen molar-refractivity contribution in [1.82, 2.24) is 5.32 Å². The lowest BCUT2D eigenvalue weighted by Crippen LogP contribution is -2.53. The van der Waals surface area contributed by atoms with Gasteiger partial charge in [0.1, 0.15) is 6.10 Å². The molecule has 0 bridgehead atoms. The quantitative estimate of drug-likeness (QED) is 0.344. The fraction of sp³-hybridized carbons (Fsp3) is 0.600. The molecular weight excluding hydrogens is 514 g/mol. The standard InChI is InChI=1S/C30H45NO5SSi/c1-29(2,3)38(6,7)36-25-18-23(25)19-27(37(32,33)24-16-12-9-13-17-24)28(26-21-34-30(4,5)35-26)31-20-22-14-10-8-11-15-22/h8-17,23,25-28,31H,18-21H2,1-7H3/t23-,25-,26-,27-,28+/m1/s1. The van der Waals surface area contributed by atoms with E-state index in [1.807, 2.05) is 50.2 Å². The molecule has 1 N–H and O–H groups in total. The highest BCUT2D eigenvalue weighted by molar-refractivity contribution is 7.92. The van der Waals surface area contributed by atoms with E-state index in [0.717, 1.165) is 12.0 Å². The Balaban J connectivity index is 1.63.